The molecule has 0 amide bonds. The molecule has 0 N–H and O–H groups in total. The normalized spacial score (nSPS) is 17.1. The summed E-state index contributed by atoms with van der Waals surface area (Å²) in [4.78, 5) is 11.4. The standard InChI is InChI=1S/C13H15IO3/c1-16-12(15)9-13(7-4-8-13)17-11-6-3-2-5-10(11)14/h2-3,5-6H,4,7-9H2,1H3. The lowest BCUT2D eigenvalue weighted by Gasteiger charge is -2.41. The van der Waals surface area contributed by atoms with Crippen molar-refractivity contribution in [1.82, 2.24) is 0 Å². The molecule has 92 valence electrons. The van der Waals surface area contributed by atoms with Gasteiger partial charge in [0.2, 0.25) is 0 Å². The first-order valence-corrected chi connectivity index (χ1v) is 6.73. The molecule has 4 heteroatoms. The van der Waals surface area contributed by atoms with Gasteiger partial charge in [-0.25, -0.2) is 0 Å². The van der Waals surface area contributed by atoms with Crippen LogP contribution >= 0.6 is 22.6 Å². The van der Waals surface area contributed by atoms with Crippen LogP contribution in [0.5, 0.6) is 5.75 Å². The second-order valence-electron chi connectivity index (χ2n) is 4.32. The first-order chi connectivity index (χ1) is 8.15. The van der Waals surface area contributed by atoms with E-state index >= 15 is 0 Å². The molecule has 1 aliphatic carbocycles. The lowest BCUT2D eigenvalue weighted by molar-refractivity contribution is -0.148. The minimum Gasteiger partial charge on any atom is -0.486 e. The Morgan fingerprint density at radius 3 is 2.65 bits per heavy atom. The maximum atomic E-state index is 11.4. The quantitative estimate of drug-likeness (QED) is 0.621. The Bertz CT molecular complexity index is 413. The third kappa shape index (κ3) is 2.91. The third-order valence-corrected chi connectivity index (χ3v) is 4.01. The van der Waals surface area contributed by atoms with Crippen molar-refractivity contribution in [3.05, 3.63) is 27.8 Å². The number of rotatable bonds is 4. The number of benzene rings is 1. The van der Waals surface area contributed by atoms with Crippen LogP contribution in [0.25, 0.3) is 0 Å². The van der Waals surface area contributed by atoms with E-state index in [1.54, 1.807) is 0 Å². The van der Waals surface area contributed by atoms with Gasteiger partial charge in [-0.05, 0) is 54.0 Å². The summed E-state index contributed by atoms with van der Waals surface area (Å²) in [6.45, 7) is 0. The van der Waals surface area contributed by atoms with Gasteiger partial charge in [-0.3, -0.25) is 4.79 Å². The van der Waals surface area contributed by atoms with Crippen LogP contribution in [0.1, 0.15) is 25.7 Å². The lowest BCUT2D eigenvalue weighted by Crippen LogP contribution is -2.45. The molecule has 3 nitrogen and oxygen atoms in total. The van der Waals surface area contributed by atoms with Crippen molar-refractivity contribution in [2.24, 2.45) is 0 Å². The molecule has 1 aromatic carbocycles. The van der Waals surface area contributed by atoms with Crippen LogP contribution in [0, 0.1) is 3.57 Å². The number of ether oxygens (including phenoxy) is 2. The highest BCUT2D eigenvalue weighted by atomic mass is 127. The summed E-state index contributed by atoms with van der Waals surface area (Å²) in [6, 6.07) is 7.86. The Morgan fingerprint density at radius 2 is 2.12 bits per heavy atom. The largest absolute Gasteiger partial charge is 0.486 e. The van der Waals surface area contributed by atoms with Crippen molar-refractivity contribution < 1.29 is 14.3 Å². The molecular formula is C13H15IO3. The molecule has 0 spiro atoms. The van der Waals surface area contributed by atoms with Gasteiger partial charge in [0.1, 0.15) is 11.4 Å². The Kier molecular flexibility index (Phi) is 3.91. The summed E-state index contributed by atoms with van der Waals surface area (Å²) in [5, 5.41) is 0. The molecule has 1 fully saturated rings. The maximum Gasteiger partial charge on any atom is 0.309 e. The summed E-state index contributed by atoms with van der Waals surface area (Å²) < 4.78 is 11.8. The number of hydrogen-bond acceptors (Lipinski definition) is 3. The highest BCUT2D eigenvalue weighted by molar-refractivity contribution is 14.1. The van der Waals surface area contributed by atoms with Crippen molar-refractivity contribution >= 4 is 28.6 Å². The zero-order valence-corrected chi connectivity index (χ0v) is 11.9. The number of para-hydroxylation sites is 1. The summed E-state index contributed by atoms with van der Waals surface area (Å²) in [7, 11) is 1.42. The molecule has 1 saturated carbocycles. The summed E-state index contributed by atoms with van der Waals surface area (Å²) in [5.41, 5.74) is -0.339. The highest BCUT2D eigenvalue weighted by Gasteiger charge is 2.42. The van der Waals surface area contributed by atoms with Gasteiger partial charge in [0.15, 0.2) is 0 Å². The fourth-order valence-electron chi connectivity index (χ4n) is 1.98. The van der Waals surface area contributed by atoms with Crippen LogP contribution in [-0.2, 0) is 9.53 Å². The Morgan fingerprint density at radius 1 is 1.41 bits per heavy atom. The summed E-state index contributed by atoms with van der Waals surface area (Å²) in [6.07, 6.45) is 3.30. The SMILES string of the molecule is COC(=O)CC1(Oc2ccccc2I)CCC1. The van der Waals surface area contributed by atoms with Gasteiger partial charge in [0.25, 0.3) is 0 Å². The molecule has 0 saturated heterocycles. The van der Waals surface area contributed by atoms with E-state index in [1.165, 1.54) is 7.11 Å². The van der Waals surface area contributed by atoms with E-state index in [2.05, 4.69) is 22.6 Å². The molecule has 0 unspecified atom stereocenters. The predicted octanol–water partition coefficient (Wildman–Crippen LogP) is 3.16. The zero-order valence-electron chi connectivity index (χ0n) is 9.74. The molecule has 1 aromatic rings. The summed E-state index contributed by atoms with van der Waals surface area (Å²) >= 11 is 2.24. The van der Waals surface area contributed by atoms with Gasteiger partial charge < -0.3 is 9.47 Å². The van der Waals surface area contributed by atoms with Gasteiger partial charge in [0.05, 0.1) is 17.1 Å². The number of hydrogen-bond donors (Lipinski definition) is 0. The van der Waals surface area contributed by atoms with Crippen LogP contribution in [0.3, 0.4) is 0 Å². The molecule has 17 heavy (non-hydrogen) atoms. The minimum absolute atomic E-state index is 0.198. The average Bonchev–Trinajstić information content (AvgIpc) is 2.28. The molecule has 0 radical (unpaired) electrons. The molecule has 1 aliphatic rings. The van der Waals surface area contributed by atoms with Gasteiger partial charge in [-0.15, -0.1) is 0 Å². The van der Waals surface area contributed by atoms with E-state index in [0.717, 1.165) is 28.6 Å². The van der Waals surface area contributed by atoms with Crippen LogP contribution in [0.15, 0.2) is 24.3 Å². The second-order valence-corrected chi connectivity index (χ2v) is 5.48. The van der Waals surface area contributed by atoms with E-state index in [0.29, 0.717) is 6.42 Å². The van der Waals surface area contributed by atoms with E-state index in [9.17, 15) is 4.79 Å². The van der Waals surface area contributed by atoms with E-state index in [4.69, 9.17) is 9.47 Å². The molecule has 0 aliphatic heterocycles. The zero-order chi connectivity index (χ0) is 12.3. The monoisotopic (exact) mass is 346 g/mol. The molecule has 2 rings (SSSR count). The molecule has 0 aromatic heterocycles. The van der Waals surface area contributed by atoms with Gasteiger partial charge in [-0.2, -0.15) is 0 Å². The van der Waals surface area contributed by atoms with Crippen molar-refractivity contribution in [3.63, 3.8) is 0 Å². The predicted molar refractivity (Wildman–Crippen MR) is 73.0 cm³/mol. The minimum atomic E-state index is -0.339. The fraction of sp³-hybridized carbons (Fsp3) is 0.462. The van der Waals surface area contributed by atoms with Gasteiger partial charge in [-0.1, -0.05) is 12.1 Å². The number of carbonyl (C=O) groups excluding carboxylic acids is 1. The van der Waals surface area contributed by atoms with Crippen LogP contribution in [0.2, 0.25) is 0 Å². The van der Waals surface area contributed by atoms with E-state index in [1.807, 2.05) is 24.3 Å². The number of halogens is 1. The van der Waals surface area contributed by atoms with Gasteiger partial charge in [0, 0.05) is 0 Å². The Balaban J connectivity index is 2.10. The van der Waals surface area contributed by atoms with Crippen LogP contribution in [-0.4, -0.2) is 18.7 Å². The summed E-state index contributed by atoms with van der Waals surface area (Å²) in [5.74, 6) is 0.660. The van der Waals surface area contributed by atoms with Crippen LogP contribution in [0.4, 0.5) is 0 Å². The van der Waals surface area contributed by atoms with Crippen molar-refractivity contribution in [3.8, 4) is 5.75 Å². The van der Waals surface area contributed by atoms with Crippen molar-refractivity contribution in [2.45, 2.75) is 31.3 Å². The van der Waals surface area contributed by atoms with Crippen molar-refractivity contribution in [2.75, 3.05) is 7.11 Å². The number of esters is 1. The van der Waals surface area contributed by atoms with Crippen LogP contribution < -0.4 is 4.74 Å². The topological polar surface area (TPSA) is 35.5 Å². The number of carbonyl (C=O) groups is 1. The molecule has 0 heterocycles. The second kappa shape index (κ2) is 5.25. The average molecular weight is 346 g/mol. The molecule has 0 bridgehead atoms. The maximum absolute atomic E-state index is 11.4. The Hall–Kier alpha value is -0.780. The lowest BCUT2D eigenvalue weighted by atomic mass is 9.77. The number of methoxy groups -OCH3 is 1. The van der Waals surface area contributed by atoms with Crippen molar-refractivity contribution in [1.29, 1.82) is 0 Å². The first kappa shape index (κ1) is 12.7. The first-order valence-electron chi connectivity index (χ1n) is 5.66. The third-order valence-electron chi connectivity index (χ3n) is 3.12. The molecule has 0 atom stereocenters. The fourth-order valence-corrected chi connectivity index (χ4v) is 2.48. The van der Waals surface area contributed by atoms with E-state index < -0.39 is 0 Å². The highest BCUT2D eigenvalue weighted by Crippen LogP contribution is 2.40. The molecular weight excluding hydrogens is 331 g/mol. The van der Waals surface area contributed by atoms with Gasteiger partial charge >= 0.3 is 5.97 Å². The smallest absolute Gasteiger partial charge is 0.309 e. The van der Waals surface area contributed by atoms with E-state index in [-0.39, 0.29) is 11.6 Å². The Labute approximate surface area is 115 Å².